The zero-order valence-corrected chi connectivity index (χ0v) is 12.4. The van der Waals surface area contributed by atoms with E-state index >= 15 is 0 Å². The van der Waals surface area contributed by atoms with E-state index < -0.39 is 0 Å². The van der Waals surface area contributed by atoms with Crippen LogP contribution in [0.4, 0.5) is 5.69 Å². The van der Waals surface area contributed by atoms with Crippen LogP contribution in [0, 0.1) is 13.8 Å². The molecule has 0 aliphatic carbocycles. The summed E-state index contributed by atoms with van der Waals surface area (Å²) in [5, 5.41) is 3.23. The van der Waals surface area contributed by atoms with Crippen LogP contribution in [0.2, 0.25) is 0 Å². The summed E-state index contributed by atoms with van der Waals surface area (Å²) >= 11 is 1.34. The average molecular weight is 288 g/mol. The Labute approximate surface area is 122 Å². The van der Waals surface area contributed by atoms with Crippen LogP contribution in [0.15, 0.2) is 34.3 Å². The molecule has 3 N–H and O–H groups in total. The van der Waals surface area contributed by atoms with Gasteiger partial charge in [0.1, 0.15) is 0 Å². The molecule has 1 aromatic heterocycles. The molecule has 104 valence electrons. The Morgan fingerprint density at radius 1 is 1.20 bits per heavy atom. The highest BCUT2D eigenvalue weighted by Gasteiger charge is 2.13. The lowest BCUT2D eigenvalue weighted by atomic mass is 10.2. The maximum Gasteiger partial charge on any atom is 0.252 e. The third kappa shape index (κ3) is 3.27. The van der Waals surface area contributed by atoms with Crippen LogP contribution in [-0.2, 0) is 0 Å². The topological polar surface area (TPSA) is 80.9 Å². The monoisotopic (exact) mass is 288 g/mol. The first-order chi connectivity index (χ1) is 9.49. The summed E-state index contributed by atoms with van der Waals surface area (Å²) in [6, 6.07) is 7.08. The zero-order chi connectivity index (χ0) is 14.7. The standard InChI is InChI=1S/C14H16N4OS/c1-8-6-9(2)18-14(17-8)20-12-7-10(15)4-5-11(12)13(19)16-3/h4-7H,15H2,1-3H3,(H,16,19). The maximum atomic E-state index is 11.9. The highest BCUT2D eigenvalue weighted by Crippen LogP contribution is 2.30. The molecule has 20 heavy (non-hydrogen) atoms. The average Bonchev–Trinajstić information content (AvgIpc) is 2.37. The lowest BCUT2D eigenvalue weighted by Gasteiger charge is -2.09. The summed E-state index contributed by atoms with van der Waals surface area (Å²) in [7, 11) is 1.60. The molecule has 2 rings (SSSR count). The predicted octanol–water partition coefficient (Wildman–Crippen LogP) is 2.19. The van der Waals surface area contributed by atoms with Crippen molar-refractivity contribution < 1.29 is 4.79 Å². The summed E-state index contributed by atoms with van der Waals surface area (Å²) in [6.07, 6.45) is 0. The van der Waals surface area contributed by atoms with E-state index in [0.717, 1.165) is 16.3 Å². The molecule has 0 radical (unpaired) electrons. The zero-order valence-electron chi connectivity index (χ0n) is 11.6. The second kappa shape index (κ2) is 5.92. The Balaban J connectivity index is 2.41. The highest BCUT2D eigenvalue weighted by molar-refractivity contribution is 7.99. The number of amides is 1. The van der Waals surface area contributed by atoms with Crippen molar-refractivity contribution in [2.75, 3.05) is 12.8 Å². The van der Waals surface area contributed by atoms with Gasteiger partial charge in [-0.3, -0.25) is 4.79 Å². The summed E-state index contributed by atoms with van der Waals surface area (Å²) in [6.45, 7) is 3.83. The van der Waals surface area contributed by atoms with Crippen molar-refractivity contribution in [2.24, 2.45) is 0 Å². The molecule has 1 aromatic carbocycles. The molecule has 5 nitrogen and oxygen atoms in total. The summed E-state index contributed by atoms with van der Waals surface area (Å²) in [5.74, 6) is -0.156. The molecule has 6 heteroatoms. The van der Waals surface area contributed by atoms with Crippen LogP contribution >= 0.6 is 11.8 Å². The number of nitrogens with two attached hydrogens (primary N) is 1. The third-order valence-electron chi connectivity index (χ3n) is 2.64. The first kappa shape index (κ1) is 14.3. The van der Waals surface area contributed by atoms with Crippen molar-refractivity contribution in [1.82, 2.24) is 15.3 Å². The van der Waals surface area contributed by atoms with Crippen molar-refractivity contribution >= 4 is 23.4 Å². The minimum Gasteiger partial charge on any atom is -0.399 e. The molecule has 1 heterocycles. The first-order valence-electron chi connectivity index (χ1n) is 6.11. The SMILES string of the molecule is CNC(=O)c1ccc(N)cc1Sc1nc(C)cc(C)n1. The Morgan fingerprint density at radius 2 is 1.85 bits per heavy atom. The molecular formula is C14H16N4OS. The van der Waals surface area contributed by atoms with Crippen LogP contribution < -0.4 is 11.1 Å². The van der Waals surface area contributed by atoms with Crippen molar-refractivity contribution in [1.29, 1.82) is 0 Å². The normalized spacial score (nSPS) is 10.3. The van der Waals surface area contributed by atoms with Crippen molar-refractivity contribution in [3.8, 4) is 0 Å². The minimum absolute atomic E-state index is 0.156. The molecule has 2 aromatic rings. The molecular weight excluding hydrogens is 272 g/mol. The van der Waals surface area contributed by atoms with Gasteiger partial charge in [-0.2, -0.15) is 0 Å². The minimum atomic E-state index is -0.156. The first-order valence-corrected chi connectivity index (χ1v) is 6.93. The predicted molar refractivity (Wildman–Crippen MR) is 79.9 cm³/mol. The number of aromatic nitrogens is 2. The van der Waals surface area contributed by atoms with Gasteiger partial charge in [0.15, 0.2) is 5.16 Å². The lowest BCUT2D eigenvalue weighted by molar-refractivity contribution is 0.0960. The van der Waals surface area contributed by atoms with Crippen molar-refractivity contribution in [3.05, 3.63) is 41.2 Å². The Hall–Kier alpha value is -2.08. The molecule has 1 amide bonds. The van der Waals surface area contributed by atoms with E-state index in [1.165, 1.54) is 11.8 Å². The highest BCUT2D eigenvalue weighted by atomic mass is 32.2. The second-order valence-corrected chi connectivity index (χ2v) is 5.38. The number of hydrogen-bond acceptors (Lipinski definition) is 5. The number of hydrogen-bond donors (Lipinski definition) is 2. The van der Waals surface area contributed by atoms with Gasteiger partial charge in [0.05, 0.1) is 5.56 Å². The fourth-order valence-electron chi connectivity index (χ4n) is 1.78. The van der Waals surface area contributed by atoms with Crippen LogP contribution in [0.3, 0.4) is 0 Å². The Morgan fingerprint density at radius 3 is 2.45 bits per heavy atom. The van der Waals surface area contributed by atoms with Gasteiger partial charge in [0.2, 0.25) is 0 Å². The number of benzene rings is 1. The Bertz CT molecular complexity index is 637. The fraction of sp³-hybridized carbons (Fsp3) is 0.214. The molecule has 0 saturated heterocycles. The van der Waals surface area contributed by atoms with E-state index in [1.54, 1.807) is 25.2 Å². The van der Waals surface area contributed by atoms with Gasteiger partial charge in [-0.1, -0.05) is 0 Å². The molecule has 0 aliphatic rings. The van der Waals surface area contributed by atoms with Gasteiger partial charge >= 0.3 is 0 Å². The number of carbonyl (C=O) groups excluding carboxylic acids is 1. The van der Waals surface area contributed by atoms with Crippen LogP contribution in [0.25, 0.3) is 0 Å². The molecule has 0 bridgehead atoms. The smallest absolute Gasteiger partial charge is 0.252 e. The van der Waals surface area contributed by atoms with Crippen molar-refractivity contribution in [2.45, 2.75) is 23.9 Å². The maximum absolute atomic E-state index is 11.9. The number of nitrogens with zero attached hydrogens (tertiary/aromatic N) is 2. The van der Waals surface area contributed by atoms with Gasteiger partial charge in [-0.15, -0.1) is 0 Å². The van der Waals surface area contributed by atoms with E-state index in [9.17, 15) is 4.79 Å². The number of carbonyl (C=O) groups is 1. The molecule has 0 aliphatic heterocycles. The van der Waals surface area contributed by atoms with Gasteiger partial charge in [-0.05, 0) is 49.9 Å². The van der Waals surface area contributed by atoms with Gasteiger partial charge in [0.25, 0.3) is 5.91 Å². The van der Waals surface area contributed by atoms with Crippen molar-refractivity contribution in [3.63, 3.8) is 0 Å². The van der Waals surface area contributed by atoms with Crippen LogP contribution in [0.1, 0.15) is 21.7 Å². The molecule has 0 saturated carbocycles. The number of aryl methyl sites for hydroxylation is 2. The van der Waals surface area contributed by atoms with E-state index in [1.807, 2.05) is 19.9 Å². The largest absolute Gasteiger partial charge is 0.399 e. The van der Waals surface area contributed by atoms with E-state index in [2.05, 4.69) is 15.3 Å². The quantitative estimate of drug-likeness (QED) is 0.668. The van der Waals surface area contributed by atoms with E-state index in [0.29, 0.717) is 16.4 Å². The Kier molecular flexibility index (Phi) is 4.24. The summed E-state index contributed by atoms with van der Waals surface area (Å²) in [5.41, 5.74) is 8.75. The summed E-state index contributed by atoms with van der Waals surface area (Å²) < 4.78 is 0. The summed E-state index contributed by atoms with van der Waals surface area (Å²) in [4.78, 5) is 21.3. The lowest BCUT2D eigenvalue weighted by Crippen LogP contribution is -2.18. The van der Waals surface area contributed by atoms with Gasteiger partial charge < -0.3 is 11.1 Å². The third-order valence-corrected chi connectivity index (χ3v) is 3.56. The molecule has 0 spiro atoms. The number of nitrogen functional groups attached to an aromatic ring is 1. The van der Waals surface area contributed by atoms with Gasteiger partial charge in [-0.25, -0.2) is 9.97 Å². The number of anilines is 1. The number of rotatable bonds is 3. The fourth-order valence-corrected chi connectivity index (χ4v) is 2.82. The van der Waals surface area contributed by atoms with E-state index in [4.69, 9.17) is 5.73 Å². The molecule has 0 atom stereocenters. The van der Waals surface area contributed by atoms with Crippen LogP contribution in [0.5, 0.6) is 0 Å². The second-order valence-electron chi connectivity index (χ2n) is 4.37. The van der Waals surface area contributed by atoms with E-state index in [-0.39, 0.29) is 5.91 Å². The van der Waals surface area contributed by atoms with Gasteiger partial charge in [0, 0.05) is 29.0 Å². The number of nitrogens with one attached hydrogen (secondary N) is 1. The molecule has 0 fully saturated rings. The molecule has 0 unspecified atom stereocenters. The van der Waals surface area contributed by atoms with Crippen LogP contribution in [-0.4, -0.2) is 22.9 Å².